The molecule has 0 spiro atoms. The van der Waals surface area contributed by atoms with Crippen LogP contribution in [0.1, 0.15) is 62.3 Å². The van der Waals surface area contributed by atoms with Gasteiger partial charge in [0.2, 0.25) is 0 Å². The minimum absolute atomic E-state index is 0.0258. The van der Waals surface area contributed by atoms with E-state index in [2.05, 4.69) is 67.7 Å². The van der Waals surface area contributed by atoms with Crippen molar-refractivity contribution in [3.63, 3.8) is 0 Å². The molecular weight excluding hydrogens is 432 g/mol. The molecule has 1 unspecified atom stereocenters. The lowest BCUT2D eigenvalue weighted by atomic mass is 10.0. The van der Waals surface area contributed by atoms with E-state index in [4.69, 9.17) is 4.74 Å². The molecule has 0 radical (unpaired) electrons. The summed E-state index contributed by atoms with van der Waals surface area (Å²) in [7, 11) is 1.66. The summed E-state index contributed by atoms with van der Waals surface area (Å²) in [5.74, 6) is 0.776. The number of hydrogen-bond acceptors (Lipinski definition) is 3. The molecule has 1 aliphatic heterocycles. The Labute approximate surface area is 209 Å². The average Bonchev–Trinajstić information content (AvgIpc) is 3.23. The standard InChI is InChI=1S/C31H36N2O2/c1-4-6-8-23-10-16-26(17-11-23)32-29-22-30(25-14-20-28(35-3)21-15-25)33(31(29)34)27-18-12-24(13-19-27)9-7-5-2/h10-22,30,32H,4-9H2,1-3H3. The van der Waals surface area contributed by atoms with Crippen LogP contribution in [0.15, 0.2) is 84.6 Å². The van der Waals surface area contributed by atoms with Gasteiger partial charge in [-0.15, -0.1) is 0 Å². The molecule has 1 atom stereocenters. The molecule has 1 amide bonds. The molecule has 1 heterocycles. The summed E-state index contributed by atoms with van der Waals surface area (Å²) in [6, 6.07) is 24.6. The number of amides is 1. The molecule has 3 aromatic carbocycles. The summed E-state index contributed by atoms with van der Waals surface area (Å²) in [5.41, 5.74) is 6.10. The Morgan fingerprint density at radius 2 is 1.37 bits per heavy atom. The maximum Gasteiger partial charge on any atom is 0.275 e. The van der Waals surface area contributed by atoms with Crippen molar-refractivity contribution in [1.29, 1.82) is 0 Å². The minimum Gasteiger partial charge on any atom is -0.497 e. The largest absolute Gasteiger partial charge is 0.497 e. The molecule has 4 heteroatoms. The second-order valence-corrected chi connectivity index (χ2v) is 9.17. The van der Waals surface area contributed by atoms with Gasteiger partial charge in [-0.1, -0.05) is 63.1 Å². The number of nitrogens with zero attached hydrogens (tertiary/aromatic N) is 1. The van der Waals surface area contributed by atoms with Crippen LogP contribution in [-0.2, 0) is 17.6 Å². The Bertz CT molecular complexity index is 1130. The molecule has 0 bridgehead atoms. The van der Waals surface area contributed by atoms with Crippen molar-refractivity contribution in [3.8, 4) is 5.75 Å². The number of nitrogens with one attached hydrogen (secondary N) is 1. The fourth-order valence-corrected chi connectivity index (χ4v) is 4.47. The Balaban J connectivity index is 1.60. The number of ether oxygens (including phenoxy) is 1. The molecule has 0 saturated carbocycles. The van der Waals surface area contributed by atoms with E-state index in [0.29, 0.717) is 5.70 Å². The summed E-state index contributed by atoms with van der Waals surface area (Å²) < 4.78 is 5.34. The number of benzene rings is 3. The number of carbonyl (C=O) groups excluding carboxylic acids is 1. The van der Waals surface area contributed by atoms with E-state index in [1.807, 2.05) is 35.2 Å². The second kappa shape index (κ2) is 11.7. The lowest BCUT2D eigenvalue weighted by molar-refractivity contribution is -0.114. The zero-order chi connectivity index (χ0) is 24.6. The van der Waals surface area contributed by atoms with Gasteiger partial charge in [0.15, 0.2) is 0 Å². The van der Waals surface area contributed by atoms with Crippen molar-refractivity contribution < 1.29 is 9.53 Å². The lowest BCUT2D eigenvalue weighted by Crippen LogP contribution is -2.30. The zero-order valence-electron chi connectivity index (χ0n) is 21.1. The van der Waals surface area contributed by atoms with Gasteiger partial charge in [-0.3, -0.25) is 9.69 Å². The van der Waals surface area contributed by atoms with Gasteiger partial charge in [-0.25, -0.2) is 0 Å². The molecule has 0 fully saturated rings. The smallest absolute Gasteiger partial charge is 0.275 e. The topological polar surface area (TPSA) is 41.6 Å². The van der Waals surface area contributed by atoms with Crippen LogP contribution in [0.5, 0.6) is 5.75 Å². The summed E-state index contributed by atoms with van der Waals surface area (Å²) in [6.45, 7) is 4.41. The Hall–Kier alpha value is -3.53. The zero-order valence-corrected chi connectivity index (χ0v) is 21.1. The van der Waals surface area contributed by atoms with E-state index >= 15 is 0 Å². The maximum absolute atomic E-state index is 13.7. The predicted octanol–water partition coefficient (Wildman–Crippen LogP) is 7.46. The monoisotopic (exact) mass is 468 g/mol. The number of anilines is 2. The van der Waals surface area contributed by atoms with E-state index < -0.39 is 0 Å². The summed E-state index contributed by atoms with van der Waals surface area (Å²) >= 11 is 0. The van der Waals surface area contributed by atoms with Crippen molar-refractivity contribution in [2.45, 2.75) is 58.4 Å². The van der Waals surface area contributed by atoms with Gasteiger partial charge < -0.3 is 10.1 Å². The molecule has 35 heavy (non-hydrogen) atoms. The SMILES string of the molecule is CCCCc1ccc(NC2=CC(c3ccc(OC)cc3)N(c3ccc(CCCC)cc3)C2=O)cc1. The normalized spacial score (nSPS) is 15.3. The molecule has 0 aliphatic carbocycles. The van der Waals surface area contributed by atoms with Crippen LogP contribution in [0.4, 0.5) is 11.4 Å². The molecule has 0 aromatic heterocycles. The highest BCUT2D eigenvalue weighted by molar-refractivity contribution is 6.11. The number of methoxy groups -OCH3 is 1. The van der Waals surface area contributed by atoms with Crippen molar-refractivity contribution in [1.82, 2.24) is 0 Å². The molecule has 4 rings (SSSR count). The quantitative estimate of drug-likeness (QED) is 0.317. The summed E-state index contributed by atoms with van der Waals surface area (Å²) in [4.78, 5) is 15.5. The molecule has 1 aliphatic rings. The maximum atomic E-state index is 13.7. The third kappa shape index (κ3) is 5.94. The molecule has 4 nitrogen and oxygen atoms in total. The number of aryl methyl sites for hydroxylation is 2. The summed E-state index contributed by atoms with van der Waals surface area (Å²) in [5, 5.41) is 3.38. The fourth-order valence-electron chi connectivity index (χ4n) is 4.47. The molecule has 0 saturated heterocycles. The number of unbranched alkanes of at least 4 members (excludes halogenated alkanes) is 2. The minimum atomic E-state index is -0.193. The number of rotatable bonds is 11. The first-order valence-corrected chi connectivity index (χ1v) is 12.8. The van der Waals surface area contributed by atoms with Crippen molar-refractivity contribution in [2.24, 2.45) is 0 Å². The fraction of sp³-hybridized carbons (Fsp3) is 0.323. The number of hydrogen-bond donors (Lipinski definition) is 1. The van der Waals surface area contributed by atoms with Gasteiger partial charge in [0, 0.05) is 11.4 Å². The van der Waals surface area contributed by atoms with Crippen LogP contribution in [0.3, 0.4) is 0 Å². The molecule has 1 N–H and O–H groups in total. The van der Waals surface area contributed by atoms with E-state index in [9.17, 15) is 4.79 Å². The van der Waals surface area contributed by atoms with Crippen LogP contribution in [0.25, 0.3) is 0 Å². The second-order valence-electron chi connectivity index (χ2n) is 9.17. The van der Waals surface area contributed by atoms with E-state index in [1.54, 1.807) is 7.11 Å². The van der Waals surface area contributed by atoms with Gasteiger partial charge in [-0.05, 0) is 84.8 Å². The highest BCUT2D eigenvalue weighted by Crippen LogP contribution is 2.37. The average molecular weight is 469 g/mol. The van der Waals surface area contributed by atoms with Gasteiger partial charge >= 0.3 is 0 Å². The predicted molar refractivity (Wildman–Crippen MR) is 145 cm³/mol. The molecule has 3 aromatic rings. The summed E-state index contributed by atoms with van der Waals surface area (Å²) in [6.07, 6.45) is 8.88. The number of carbonyl (C=O) groups is 1. The van der Waals surface area contributed by atoms with Crippen LogP contribution in [0, 0.1) is 0 Å². The molecular formula is C31H36N2O2. The van der Waals surface area contributed by atoms with Crippen LogP contribution in [0.2, 0.25) is 0 Å². The van der Waals surface area contributed by atoms with Crippen LogP contribution < -0.4 is 15.0 Å². The van der Waals surface area contributed by atoms with Crippen LogP contribution in [-0.4, -0.2) is 13.0 Å². The van der Waals surface area contributed by atoms with E-state index in [-0.39, 0.29) is 11.9 Å². The van der Waals surface area contributed by atoms with Crippen LogP contribution >= 0.6 is 0 Å². The van der Waals surface area contributed by atoms with Gasteiger partial charge in [0.1, 0.15) is 11.4 Å². The lowest BCUT2D eigenvalue weighted by Gasteiger charge is -2.25. The Morgan fingerprint density at radius 1 is 0.800 bits per heavy atom. The van der Waals surface area contributed by atoms with Gasteiger partial charge in [0.25, 0.3) is 5.91 Å². The highest BCUT2D eigenvalue weighted by Gasteiger charge is 2.34. The van der Waals surface area contributed by atoms with E-state index in [0.717, 1.165) is 35.5 Å². The van der Waals surface area contributed by atoms with E-state index in [1.165, 1.54) is 36.8 Å². The van der Waals surface area contributed by atoms with Crippen molar-refractivity contribution >= 4 is 17.3 Å². The van der Waals surface area contributed by atoms with Crippen molar-refractivity contribution in [3.05, 3.63) is 101 Å². The first kappa shape index (κ1) is 24.6. The first-order chi connectivity index (χ1) is 17.1. The first-order valence-electron chi connectivity index (χ1n) is 12.8. The Morgan fingerprint density at radius 3 is 1.91 bits per heavy atom. The highest BCUT2D eigenvalue weighted by atomic mass is 16.5. The molecule has 182 valence electrons. The third-order valence-electron chi connectivity index (χ3n) is 6.59. The Kier molecular flexibility index (Phi) is 8.25. The van der Waals surface area contributed by atoms with Crippen molar-refractivity contribution in [2.75, 3.05) is 17.3 Å². The third-order valence-corrected chi connectivity index (χ3v) is 6.59. The van der Waals surface area contributed by atoms with Gasteiger partial charge in [-0.2, -0.15) is 0 Å². The van der Waals surface area contributed by atoms with Gasteiger partial charge in [0.05, 0.1) is 13.2 Å².